The van der Waals surface area contributed by atoms with Crippen LogP contribution in [0.2, 0.25) is 0 Å². The Hall–Kier alpha value is -2.60. The second-order valence-corrected chi connectivity index (χ2v) is 5.71. The molecule has 1 atom stereocenters. The van der Waals surface area contributed by atoms with Gasteiger partial charge >= 0.3 is 0 Å². The summed E-state index contributed by atoms with van der Waals surface area (Å²) in [4.78, 5) is 6.48. The minimum absolute atomic E-state index is 0.102. The average Bonchev–Trinajstić information content (AvgIpc) is 3.03. The zero-order valence-electron chi connectivity index (χ0n) is 13.6. The van der Waals surface area contributed by atoms with Crippen LogP contribution in [-0.4, -0.2) is 43.6 Å². The number of hydrogen-bond donors (Lipinski definition) is 1. The van der Waals surface area contributed by atoms with Crippen LogP contribution in [0.3, 0.4) is 0 Å². The number of halogens is 1. The summed E-state index contributed by atoms with van der Waals surface area (Å²) in [6.45, 7) is -0.938. The van der Waals surface area contributed by atoms with Crippen LogP contribution in [0.5, 0.6) is 5.75 Å². The summed E-state index contributed by atoms with van der Waals surface area (Å²) in [6, 6.07) is 13.1. The normalized spacial score (nSPS) is 12.3. The van der Waals surface area contributed by atoms with Crippen molar-refractivity contribution >= 4 is 16.8 Å². The van der Waals surface area contributed by atoms with Crippen molar-refractivity contribution in [3.05, 3.63) is 42.5 Å². The molecule has 0 aliphatic rings. The molecule has 126 valence electrons. The van der Waals surface area contributed by atoms with Gasteiger partial charge in [-0.2, -0.15) is 0 Å². The Labute approximate surface area is 139 Å². The lowest BCUT2D eigenvalue weighted by Gasteiger charge is -2.11. The highest BCUT2D eigenvalue weighted by Crippen LogP contribution is 2.28. The summed E-state index contributed by atoms with van der Waals surface area (Å²) in [5.74, 6) is 1.02. The maximum absolute atomic E-state index is 12.3. The molecule has 0 aliphatic heterocycles. The molecule has 0 saturated carbocycles. The van der Waals surface area contributed by atoms with Gasteiger partial charge in [0, 0.05) is 31.4 Å². The smallest absolute Gasteiger partial charge is 0.227 e. The van der Waals surface area contributed by atoms with Crippen LogP contribution in [0.25, 0.3) is 22.6 Å². The fraction of sp³-hybridized carbons (Fsp3) is 0.278. The number of alkyl halides is 1. The van der Waals surface area contributed by atoms with Crippen LogP contribution in [0.1, 0.15) is 0 Å². The minimum atomic E-state index is -1.12. The predicted molar refractivity (Wildman–Crippen MR) is 91.2 cm³/mol. The van der Waals surface area contributed by atoms with Gasteiger partial charge in [-0.15, -0.1) is 0 Å². The number of aromatic nitrogens is 1. The zero-order valence-corrected chi connectivity index (χ0v) is 13.6. The molecular formula is C18H19FN2O3. The molecule has 0 saturated heterocycles. The van der Waals surface area contributed by atoms with Crippen molar-refractivity contribution in [1.82, 2.24) is 4.98 Å². The molecule has 0 aliphatic carbocycles. The molecule has 3 rings (SSSR count). The summed E-state index contributed by atoms with van der Waals surface area (Å²) < 4.78 is 23.4. The molecular weight excluding hydrogens is 311 g/mol. The van der Waals surface area contributed by atoms with Crippen LogP contribution in [-0.2, 0) is 0 Å². The lowest BCUT2D eigenvalue weighted by molar-refractivity contribution is 0.0842. The number of hydrogen-bond acceptors (Lipinski definition) is 5. The van der Waals surface area contributed by atoms with E-state index in [0.29, 0.717) is 22.7 Å². The van der Waals surface area contributed by atoms with Crippen molar-refractivity contribution in [2.45, 2.75) is 6.10 Å². The lowest BCUT2D eigenvalue weighted by atomic mass is 10.2. The topological polar surface area (TPSA) is 58.7 Å². The van der Waals surface area contributed by atoms with Crippen molar-refractivity contribution in [3.63, 3.8) is 0 Å². The van der Waals surface area contributed by atoms with Crippen molar-refractivity contribution < 1.29 is 18.7 Å². The second kappa shape index (κ2) is 6.88. The quantitative estimate of drug-likeness (QED) is 0.752. The Kier molecular flexibility index (Phi) is 4.66. The van der Waals surface area contributed by atoms with Crippen LogP contribution < -0.4 is 9.64 Å². The van der Waals surface area contributed by atoms with Crippen LogP contribution in [0.15, 0.2) is 46.9 Å². The van der Waals surface area contributed by atoms with Crippen molar-refractivity contribution in [3.8, 4) is 17.2 Å². The van der Waals surface area contributed by atoms with E-state index in [4.69, 9.17) is 9.15 Å². The van der Waals surface area contributed by atoms with E-state index in [9.17, 15) is 9.50 Å². The molecule has 2 aromatic carbocycles. The summed E-state index contributed by atoms with van der Waals surface area (Å²) >= 11 is 0. The highest BCUT2D eigenvalue weighted by molar-refractivity contribution is 5.77. The first kappa shape index (κ1) is 16.3. The number of rotatable bonds is 6. The van der Waals surface area contributed by atoms with Gasteiger partial charge in [0.1, 0.15) is 30.7 Å². The molecule has 1 aromatic heterocycles. The molecule has 1 N–H and O–H groups in total. The first-order valence-electron chi connectivity index (χ1n) is 7.62. The van der Waals surface area contributed by atoms with Gasteiger partial charge in [0.25, 0.3) is 0 Å². The number of aliphatic hydroxyl groups excluding tert-OH is 1. The van der Waals surface area contributed by atoms with E-state index >= 15 is 0 Å². The number of nitrogens with zero attached hydrogens (tertiary/aromatic N) is 2. The first-order valence-corrected chi connectivity index (χ1v) is 7.62. The van der Waals surface area contributed by atoms with Crippen LogP contribution in [0.4, 0.5) is 10.1 Å². The molecule has 3 aromatic rings. The standard InChI is InChI=1S/C18H19FN2O3/c1-21(2)13-5-3-12(4-6-13)18-20-16-8-7-15(9-17(16)24-18)23-11-14(22)10-19/h3-9,14,22H,10-11H2,1-2H3/t14-/m0/s1. The molecule has 1 heterocycles. The van der Waals surface area contributed by atoms with E-state index in [0.717, 1.165) is 11.3 Å². The van der Waals surface area contributed by atoms with Gasteiger partial charge in [-0.25, -0.2) is 9.37 Å². The molecule has 0 spiro atoms. The monoisotopic (exact) mass is 330 g/mol. The summed E-state index contributed by atoms with van der Waals surface area (Å²) in [7, 11) is 3.96. The van der Waals surface area contributed by atoms with E-state index < -0.39 is 12.8 Å². The third-order valence-corrected chi connectivity index (χ3v) is 3.61. The van der Waals surface area contributed by atoms with E-state index in [2.05, 4.69) is 4.98 Å². The molecule has 0 radical (unpaired) electrons. The zero-order chi connectivity index (χ0) is 17.1. The van der Waals surface area contributed by atoms with Gasteiger partial charge in [-0.3, -0.25) is 0 Å². The molecule has 0 amide bonds. The minimum Gasteiger partial charge on any atom is -0.491 e. The first-order chi connectivity index (χ1) is 11.6. The van der Waals surface area contributed by atoms with Crippen LogP contribution >= 0.6 is 0 Å². The largest absolute Gasteiger partial charge is 0.491 e. The Morgan fingerprint density at radius 2 is 1.96 bits per heavy atom. The highest BCUT2D eigenvalue weighted by Gasteiger charge is 2.10. The van der Waals surface area contributed by atoms with Gasteiger partial charge in [0.05, 0.1) is 0 Å². The number of ether oxygens (including phenoxy) is 1. The fourth-order valence-corrected chi connectivity index (χ4v) is 2.26. The molecule has 24 heavy (non-hydrogen) atoms. The fourth-order valence-electron chi connectivity index (χ4n) is 2.26. The van der Waals surface area contributed by atoms with Crippen molar-refractivity contribution in [2.75, 3.05) is 32.3 Å². The SMILES string of the molecule is CN(C)c1ccc(-c2nc3ccc(OC[C@@H](O)CF)cc3o2)cc1. The summed E-state index contributed by atoms with van der Waals surface area (Å²) in [5, 5.41) is 9.21. The number of oxazole rings is 1. The lowest BCUT2D eigenvalue weighted by Crippen LogP contribution is -2.19. The van der Waals surface area contributed by atoms with E-state index in [1.165, 1.54) is 0 Å². The van der Waals surface area contributed by atoms with Crippen molar-refractivity contribution in [2.24, 2.45) is 0 Å². The second-order valence-electron chi connectivity index (χ2n) is 5.71. The third-order valence-electron chi connectivity index (χ3n) is 3.61. The van der Waals surface area contributed by atoms with E-state index in [-0.39, 0.29) is 6.61 Å². The number of fused-ring (bicyclic) bond motifs is 1. The Morgan fingerprint density at radius 3 is 2.62 bits per heavy atom. The van der Waals surface area contributed by atoms with E-state index in [1.807, 2.05) is 43.3 Å². The van der Waals surface area contributed by atoms with Gasteiger partial charge in [-0.1, -0.05) is 0 Å². The van der Waals surface area contributed by atoms with Crippen LogP contribution in [0, 0.1) is 0 Å². The molecule has 0 unspecified atom stereocenters. The van der Waals surface area contributed by atoms with Gasteiger partial charge < -0.3 is 19.2 Å². The molecule has 6 heteroatoms. The Morgan fingerprint density at radius 1 is 1.21 bits per heavy atom. The summed E-state index contributed by atoms with van der Waals surface area (Å²) in [6.07, 6.45) is -1.12. The summed E-state index contributed by atoms with van der Waals surface area (Å²) in [5.41, 5.74) is 3.26. The predicted octanol–water partition coefficient (Wildman–Crippen LogP) is 3.27. The Bertz CT molecular complexity index is 815. The van der Waals surface area contributed by atoms with Gasteiger partial charge in [0.2, 0.25) is 5.89 Å². The Balaban J connectivity index is 1.83. The highest BCUT2D eigenvalue weighted by atomic mass is 19.1. The average molecular weight is 330 g/mol. The molecule has 0 fully saturated rings. The maximum Gasteiger partial charge on any atom is 0.227 e. The number of benzene rings is 2. The molecule has 0 bridgehead atoms. The van der Waals surface area contributed by atoms with Gasteiger partial charge in [0.15, 0.2) is 5.58 Å². The maximum atomic E-state index is 12.3. The number of anilines is 1. The number of aliphatic hydroxyl groups is 1. The third kappa shape index (κ3) is 3.49. The molecule has 5 nitrogen and oxygen atoms in total. The van der Waals surface area contributed by atoms with Gasteiger partial charge in [-0.05, 0) is 36.4 Å². The van der Waals surface area contributed by atoms with Crippen molar-refractivity contribution in [1.29, 1.82) is 0 Å². The van der Waals surface area contributed by atoms with E-state index in [1.54, 1.807) is 18.2 Å².